The van der Waals surface area contributed by atoms with E-state index in [1.165, 1.54) is 25.7 Å². The van der Waals surface area contributed by atoms with E-state index in [0.29, 0.717) is 24.2 Å². The quantitative estimate of drug-likeness (QED) is 0.438. The van der Waals surface area contributed by atoms with Crippen LogP contribution in [0.25, 0.3) is 5.52 Å². The number of nitrogens with one attached hydrogen (secondary N) is 3. The van der Waals surface area contributed by atoms with Crippen LogP contribution in [0.2, 0.25) is 0 Å². The molecule has 38 heavy (non-hydrogen) atoms. The Labute approximate surface area is 223 Å². The predicted molar refractivity (Wildman–Crippen MR) is 147 cm³/mol. The molecule has 1 amide bonds. The molecule has 4 aliphatic rings. The van der Waals surface area contributed by atoms with Crippen LogP contribution in [0.15, 0.2) is 24.4 Å². The molecule has 202 valence electrons. The minimum absolute atomic E-state index is 0.0517. The molecule has 10 heteroatoms. The first kappa shape index (κ1) is 23.9. The van der Waals surface area contributed by atoms with Crippen LogP contribution in [-0.4, -0.2) is 72.9 Å². The smallest absolute Gasteiger partial charge is 0.246 e. The Morgan fingerprint density at radius 1 is 1.16 bits per heavy atom. The zero-order valence-corrected chi connectivity index (χ0v) is 22.7. The maximum absolute atomic E-state index is 14.0. The average molecular weight is 518 g/mol. The van der Waals surface area contributed by atoms with E-state index >= 15 is 0 Å². The summed E-state index contributed by atoms with van der Waals surface area (Å²) in [7, 11) is 0. The van der Waals surface area contributed by atoms with Gasteiger partial charge in [-0.05, 0) is 76.0 Å². The van der Waals surface area contributed by atoms with E-state index in [9.17, 15) is 4.79 Å². The highest BCUT2D eigenvalue weighted by molar-refractivity contribution is 5.90. The van der Waals surface area contributed by atoms with Crippen molar-refractivity contribution in [1.29, 1.82) is 0 Å². The Bertz CT molecular complexity index is 1350. The lowest BCUT2D eigenvalue weighted by Gasteiger charge is -2.38. The molecule has 0 spiro atoms. The molecule has 0 aromatic carbocycles. The first-order valence-electron chi connectivity index (χ1n) is 14.3. The molecular weight excluding hydrogens is 478 g/mol. The van der Waals surface area contributed by atoms with Gasteiger partial charge in [0.05, 0.1) is 5.69 Å². The van der Waals surface area contributed by atoms with Crippen molar-refractivity contribution in [2.75, 3.05) is 29.9 Å². The Morgan fingerprint density at radius 3 is 2.79 bits per heavy atom. The van der Waals surface area contributed by atoms with Gasteiger partial charge in [0.25, 0.3) is 0 Å². The van der Waals surface area contributed by atoms with Gasteiger partial charge < -0.3 is 15.5 Å². The molecule has 3 aromatic heterocycles. The summed E-state index contributed by atoms with van der Waals surface area (Å²) in [5.74, 6) is 2.73. The summed E-state index contributed by atoms with van der Waals surface area (Å²) in [5.41, 5.74) is 1.19. The van der Waals surface area contributed by atoms with Crippen LogP contribution in [0, 0.1) is 5.41 Å². The summed E-state index contributed by atoms with van der Waals surface area (Å²) in [4.78, 5) is 23.7. The molecule has 7 rings (SSSR count). The molecule has 10 nitrogen and oxygen atoms in total. The number of carbonyl (C=O) groups is 1. The van der Waals surface area contributed by atoms with Gasteiger partial charge in [-0.2, -0.15) is 10.1 Å². The van der Waals surface area contributed by atoms with E-state index in [2.05, 4.69) is 57.5 Å². The molecule has 5 heterocycles. The van der Waals surface area contributed by atoms with Crippen molar-refractivity contribution in [1.82, 2.24) is 35.0 Å². The number of aromatic nitrogens is 5. The van der Waals surface area contributed by atoms with Crippen LogP contribution in [0.3, 0.4) is 0 Å². The lowest BCUT2D eigenvalue weighted by molar-refractivity contribution is -0.127. The number of fused-ring (bicyclic) bond motifs is 1. The maximum Gasteiger partial charge on any atom is 0.246 e. The minimum atomic E-state index is -0.739. The number of rotatable bonds is 7. The van der Waals surface area contributed by atoms with Gasteiger partial charge in [0.15, 0.2) is 5.82 Å². The topological polar surface area (TPSA) is 106 Å². The van der Waals surface area contributed by atoms with Crippen molar-refractivity contribution in [3.63, 3.8) is 0 Å². The van der Waals surface area contributed by atoms with E-state index in [4.69, 9.17) is 10.1 Å². The molecular formula is C28H39N9O. The second-order valence-electron chi connectivity index (χ2n) is 12.9. The number of hydrogen-bond acceptors (Lipinski definition) is 7. The normalized spacial score (nSPS) is 27.7. The second-order valence-corrected chi connectivity index (χ2v) is 12.9. The molecule has 2 aliphatic carbocycles. The predicted octanol–water partition coefficient (Wildman–Crippen LogP) is 3.81. The Hall–Kier alpha value is -3.14. The highest BCUT2D eigenvalue weighted by atomic mass is 16.2. The molecule has 2 saturated carbocycles. The highest BCUT2D eigenvalue weighted by Gasteiger charge is 2.52. The van der Waals surface area contributed by atoms with E-state index in [1.54, 1.807) is 0 Å². The van der Waals surface area contributed by atoms with E-state index in [-0.39, 0.29) is 17.4 Å². The maximum atomic E-state index is 14.0. The van der Waals surface area contributed by atoms with Gasteiger partial charge in [0.2, 0.25) is 11.9 Å². The number of H-pyrrole nitrogens is 1. The molecule has 2 atom stereocenters. The van der Waals surface area contributed by atoms with Crippen LogP contribution in [0.4, 0.5) is 17.6 Å². The summed E-state index contributed by atoms with van der Waals surface area (Å²) < 4.78 is 1.85. The van der Waals surface area contributed by atoms with Gasteiger partial charge in [-0.15, -0.1) is 5.10 Å². The zero-order valence-electron chi connectivity index (χ0n) is 22.7. The molecule has 4 fully saturated rings. The first-order valence-corrected chi connectivity index (χ1v) is 14.3. The van der Waals surface area contributed by atoms with E-state index in [1.807, 2.05) is 22.8 Å². The molecule has 2 aliphatic heterocycles. The van der Waals surface area contributed by atoms with Crippen molar-refractivity contribution in [2.24, 2.45) is 5.41 Å². The number of anilines is 3. The summed E-state index contributed by atoms with van der Waals surface area (Å²) in [5, 5.41) is 19.4. The van der Waals surface area contributed by atoms with Gasteiger partial charge in [-0.1, -0.05) is 13.8 Å². The second kappa shape index (κ2) is 8.69. The first-order chi connectivity index (χ1) is 18.3. The number of carbonyl (C=O) groups excluding carboxylic acids is 1. The van der Waals surface area contributed by atoms with Crippen molar-refractivity contribution in [3.8, 4) is 0 Å². The SMILES string of the molecule is CC1(C)CN(c2nc(Nc3cc(C4CC4)n[nH]3)c3cccn3n2)[C@](C)(C(=O)N[C@@H]2CCCN(C3CC3)C2)C1. The van der Waals surface area contributed by atoms with Gasteiger partial charge in [-0.3, -0.25) is 14.8 Å². The van der Waals surface area contributed by atoms with Crippen LogP contribution < -0.4 is 15.5 Å². The van der Waals surface area contributed by atoms with Gasteiger partial charge in [0, 0.05) is 43.4 Å². The van der Waals surface area contributed by atoms with E-state index < -0.39 is 5.54 Å². The molecule has 0 bridgehead atoms. The van der Waals surface area contributed by atoms with Crippen LogP contribution >= 0.6 is 0 Å². The third-order valence-corrected chi connectivity index (χ3v) is 8.81. The van der Waals surface area contributed by atoms with Crippen molar-refractivity contribution < 1.29 is 4.79 Å². The summed E-state index contributed by atoms with van der Waals surface area (Å²) in [6.07, 6.45) is 9.87. The third kappa shape index (κ3) is 4.42. The van der Waals surface area contributed by atoms with Crippen LogP contribution in [-0.2, 0) is 4.79 Å². The fourth-order valence-corrected chi connectivity index (χ4v) is 6.66. The largest absolute Gasteiger partial charge is 0.350 e. The average Bonchev–Trinajstić information content (AvgIpc) is 3.80. The monoisotopic (exact) mass is 517 g/mol. The third-order valence-electron chi connectivity index (χ3n) is 8.81. The Kier molecular flexibility index (Phi) is 5.48. The number of nitrogens with zero attached hydrogens (tertiary/aromatic N) is 6. The summed E-state index contributed by atoms with van der Waals surface area (Å²) in [6, 6.07) is 6.97. The number of likely N-dealkylation sites (tertiary alicyclic amines) is 1. The zero-order chi connectivity index (χ0) is 26.1. The van der Waals surface area contributed by atoms with Crippen molar-refractivity contribution in [3.05, 3.63) is 30.1 Å². The van der Waals surface area contributed by atoms with Crippen LogP contribution in [0.5, 0.6) is 0 Å². The Morgan fingerprint density at radius 2 is 2.00 bits per heavy atom. The standard InChI is InChI=1S/C28H39N9O/c1-27(2)16-28(3,25(38)29-19-6-4-12-35(15-19)20-10-11-20)36(17-27)26-31-24(22-7-5-13-37(22)34-26)30-23-14-21(32-33-23)18-8-9-18/h5,7,13-14,18-20H,4,6,8-12,15-17H2,1-3H3,(H,29,38)(H2,30,31,32,33,34)/t19-,28+/m1/s1. The number of hydrogen-bond donors (Lipinski definition) is 3. The van der Waals surface area contributed by atoms with Crippen molar-refractivity contribution in [2.45, 2.75) is 89.3 Å². The number of aromatic amines is 1. The minimum Gasteiger partial charge on any atom is -0.350 e. The highest BCUT2D eigenvalue weighted by Crippen LogP contribution is 2.44. The van der Waals surface area contributed by atoms with Gasteiger partial charge >= 0.3 is 0 Å². The van der Waals surface area contributed by atoms with E-state index in [0.717, 1.165) is 55.4 Å². The molecule has 0 unspecified atom stereocenters. The number of piperidine rings is 1. The fraction of sp³-hybridized carbons (Fsp3) is 0.643. The lowest BCUT2D eigenvalue weighted by atomic mass is 9.84. The fourth-order valence-electron chi connectivity index (χ4n) is 6.66. The molecule has 3 aromatic rings. The van der Waals surface area contributed by atoms with Gasteiger partial charge in [0.1, 0.15) is 16.9 Å². The van der Waals surface area contributed by atoms with Crippen LogP contribution in [0.1, 0.15) is 77.3 Å². The summed E-state index contributed by atoms with van der Waals surface area (Å²) >= 11 is 0. The Balaban J connectivity index is 1.17. The molecule has 2 saturated heterocycles. The van der Waals surface area contributed by atoms with Gasteiger partial charge in [-0.25, -0.2) is 4.52 Å². The lowest BCUT2D eigenvalue weighted by Crippen LogP contribution is -2.58. The molecule has 0 radical (unpaired) electrons. The summed E-state index contributed by atoms with van der Waals surface area (Å²) in [6.45, 7) is 9.34. The molecule has 3 N–H and O–H groups in total. The number of amides is 1. The van der Waals surface area contributed by atoms with Crippen molar-refractivity contribution >= 4 is 29.0 Å².